The number of aromatic nitrogens is 1. The molecule has 6 nitrogen and oxygen atoms in total. The molecule has 1 fully saturated rings. The van der Waals surface area contributed by atoms with Crippen molar-refractivity contribution in [2.75, 3.05) is 4.90 Å². The third-order valence-corrected chi connectivity index (χ3v) is 2.75. The van der Waals surface area contributed by atoms with Crippen molar-refractivity contribution in [3.63, 3.8) is 0 Å². The van der Waals surface area contributed by atoms with E-state index in [-0.39, 0.29) is 36.0 Å². The van der Waals surface area contributed by atoms with E-state index in [9.17, 15) is 14.4 Å². The van der Waals surface area contributed by atoms with Crippen LogP contribution in [0.5, 0.6) is 0 Å². The predicted molar refractivity (Wildman–Crippen MR) is 62.2 cm³/mol. The van der Waals surface area contributed by atoms with Crippen molar-refractivity contribution in [1.29, 1.82) is 0 Å². The molecule has 94 valence electrons. The van der Waals surface area contributed by atoms with Gasteiger partial charge in [0.15, 0.2) is 0 Å². The van der Waals surface area contributed by atoms with Gasteiger partial charge in [-0.1, -0.05) is 0 Å². The molecule has 0 aliphatic carbocycles. The number of imide groups is 1. The molecule has 0 spiro atoms. The summed E-state index contributed by atoms with van der Waals surface area (Å²) in [6.07, 6.45) is 3.18. The van der Waals surface area contributed by atoms with Crippen LogP contribution in [-0.4, -0.2) is 27.9 Å². The van der Waals surface area contributed by atoms with Crippen LogP contribution in [0.15, 0.2) is 18.3 Å². The van der Waals surface area contributed by atoms with Gasteiger partial charge in [-0.15, -0.1) is 0 Å². The standard InChI is InChI=1S/C12H12N2O4/c15-10-3-1-2-4-11(16)14(10)9-7-8(12(17)18)5-6-13-9/h5-7H,1-4H2,(H,17,18). The molecule has 1 aromatic rings. The lowest BCUT2D eigenvalue weighted by molar-refractivity contribution is -0.125. The number of nitrogens with zero attached hydrogens (tertiary/aromatic N) is 2. The Morgan fingerprint density at radius 1 is 1.22 bits per heavy atom. The van der Waals surface area contributed by atoms with E-state index >= 15 is 0 Å². The Kier molecular flexibility index (Phi) is 3.36. The molecule has 0 radical (unpaired) electrons. The Bertz CT molecular complexity index is 495. The molecule has 18 heavy (non-hydrogen) atoms. The first-order valence-corrected chi connectivity index (χ1v) is 5.65. The van der Waals surface area contributed by atoms with Crippen molar-refractivity contribution in [3.05, 3.63) is 23.9 Å². The van der Waals surface area contributed by atoms with Gasteiger partial charge in [-0.25, -0.2) is 14.7 Å². The van der Waals surface area contributed by atoms with E-state index in [0.29, 0.717) is 12.8 Å². The second kappa shape index (κ2) is 4.95. The van der Waals surface area contributed by atoms with Crippen LogP contribution in [0.25, 0.3) is 0 Å². The Morgan fingerprint density at radius 3 is 2.39 bits per heavy atom. The number of amides is 2. The van der Waals surface area contributed by atoms with E-state index in [2.05, 4.69) is 4.98 Å². The average Bonchev–Trinajstić information content (AvgIpc) is 2.51. The summed E-state index contributed by atoms with van der Waals surface area (Å²) in [5.74, 6) is -1.68. The molecule has 0 saturated carbocycles. The molecule has 1 aliphatic rings. The van der Waals surface area contributed by atoms with E-state index in [1.807, 2.05) is 0 Å². The van der Waals surface area contributed by atoms with Crippen molar-refractivity contribution < 1.29 is 19.5 Å². The van der Waals surface area contributed by atoms with Gasteiger partial charge in [0.05, 0.1) is 5.56 Å². The van der Waals surface area contributed by atoms with Crippen LogP contribution in [0, 0.1) is 0 Å². The summed E-state index contributed by atoms with van der Waals surface area (Å²) >= 11 is 0. The molecule has 1 saturated heterocycles. The fourth-order valence-electron chi connectivity index (χ4n) is 1.84. The van der Waals surface area contributed by atoms with Gasteiger partial charge < -0.3 is 5.11 Å². The molecular formula is C12H12N2O4. The lowest BCUT2D eigenvalue weighted by Gasteiger charge is -2.17. The third-order valence-electron chi connectivity index (χ3n) is 2.75. The minimum absolute atomic E-state index is 0.00449. The number of hydrogen-bond donors (Lipinski definition) is 1. The minimum atomic E-state index is -1.12. The second-order valence-corrected chi connectivity index (χ2v) is 4.04. The maximum atomic E-state index is 11.8. The zero-order valence-corrected chi connectivity index (χ0v) is 9.63. The van der Waals surface area contributed by atoms with Crippen molar-refractivity contribution in [1.82, 2.24) is 4.98 Å². The summed E-state index contributed by atoms with van der Waals surface area (Å²) in [4.78, 5) is 39.4. The first kappa shape index (κ1) is 12.2. The fraction of sp³-hybridized carbons (Fsp3) is 0.333. The van der Waals surface area contributed by atoms with Gasteiger partial charge in [-0.3, -0.25) is 9.59 Å². The van der Waals surface area contributed by atoms with Crippen LogP contribution >= 0.6 is 0 Å². The van der Waals surface area contributed by atoms with E-state index in [1.165, 1.54) is 18.3 Å². The highest BCUT2D eigenvalue weighted by Crippen LogP contribution is 2.20. The number of rotatable bonds is 2. The SMILES string of the molecule is O=C(O)c1ccnc(N2C(=O)CCCCC2=O)c1. The van der Waals surface area contributed by atoms with Gasteiger partial charge in [-0.2, -0.15) is 0 Å². The van der Waals surface area contributed by atoms with Crippen molar-refractivity contribution in [3.8, 4) is 0 Å². The van der Waals surface area contributed by atoms with Gasteiger partial charge in [0.2, 0.25) is 11.8 Å². The number of carboxylic acids is 1. The predicted octanol–water partition coefficient (Wildman–Crippen LogP) is 1.21. The van der Waals surface area contributed by atoms with E-state index < -0.39 is 5.97 Å². The Balaban J connectivity index is 2.39. The summed E-state index contributed by atoms with van der Waals surface area (Å²) in [5, 5.41) is 8.88. The quantitative estimate of drug-likeness (QED) is 0.795. The Hall–Kier alpha value is -2.24. The number of carbonyl (C=O) groups is 3. The number of pyridine rings is 1. The number of aromatic carboxylic acids is 1. The molecule has 1 aromatic heterocycles. The van der Waals surface area contributed by atoms with Crippen LogP contribution in [-0.2, 0) is 9.59 Å². The lowest BCUT2D eigenvalue weighted by atomic mass is 10.2. The van der Waals surface area contributed by atoms with Crippen molar-refractivity contribution in [2.24, 2.45) is 0 Å². The monoisotopic (exact) mass is 248 g/mol. The normalized spacial score (nSPS) is 16.6. The summed E-state index contributed by atoms with van der Waals surface area (Å²) in [5.41, 5.74) is 0.00449. The summed E-state index contributed by atoms with van der Waals surface area (Å²) < 4.78 is 0. The van der Waals surface area contributed by atoms with Gasteiger partial charge in [-0.05, 0) is 25.0 Å². The molecule has 2 amide bonds. The highest BCUT2D eigenvalue weighted by molar-refractivity contribution is 6.14. The second-order valence-electron chi connectivity index (χ2n) is 4.04. The largest absolute Gasteiger partial charge is 0.478 e. The molecule has 1 aliphatic heterocycles. The minimum Gasteiger partial charge on any atom is -0.478 e. The molecular weight excluding hydrogens is 236 g/mol. The number of carboxylic acid groups (broad SMARTS) is 1. The zero-order chi connectivity index (χ0) is 13.1. The smallest absolute Gasteiger partial charge is 0.335 e. The molecule has 2 heterocycles. The maximum absolute atomic E-state index is 11.8. The third kappa shape index (κ3) is 2.37. The van der Waals surface area contributed by atoms with E-state index in [0.717, 1.165) is 4.90 Å². The molecule has 1 N–H and O–H groups in total. The number of anilines is 1. The number of carbonyl (C=O) groups excluding carboxylic acids is 2. The Morgan fingerprint density at radius 2 is 1.83 bits per heavy atom. The first-order valence-electron chi connectivity index (χ1n) is 5.65. The Labute approximate surface area is 103 Å². The van der Waals surface area contributed by atoms with Crippen LogP contribution in [0.3, 0.4) is 0 Å². The molecule has 2 rings (SSSR count). The van der Waals surface area contributed by atoms with Gasteiger partial charge >= 0.3 is 5.97 Å². The molecule has 6 heteroatoms. The van der Waals surface area contributed by atoms with Gasteiger partial charge in [0.1, 0.15) is 5.82 Å². The van der Waals surface area contributed by atoms with Crippen molar-refractivity contribution >= 4 is 23.6 Å². The number of hydrogen-bond acceptors (Lipinski definition) is 4. The van der Waals surface area contributed by atoms with E-state index in [1.54, 1.807) is 0 Å². The van der Waals surface area contributed by atoms with Crippen molar-refractivity contribution in [2.45, 2.75) is 25.7 Å². The summed E-state index contributed by atoms with van der Waals surface area (Å²) in [6.45, 7) is 0. The fourth-order valence-corrected chi connectivity index (χ4v) is 1.84. The van der Waals surface area contributed by atoms with Gasteiger partial charge in [0, 0.05) is 19.0 Å². The van der Waals surface area contributed by atoms with Crippen LogP contribution in [0.4, 0.5) is 5.82 Å². The van der Waals surface area contributed by atoms with Crippen LogP contribution < -0.4 is 4.90 Å². The first-order chi connectivity index (χ1) is 8.59. The summed E-state index contributed by atoms with van der Waals surface area (Å²) in [7, 11) is 0. The zero-order valence-electron chi connectivity index (χ0n) is 9.63. The lowest BCUT2D eigenvalue weighted by Crippen LogP contribution is -2.35. The summed E-state index contributed by atoms with van der Waals surface area (Å²) in [6, 6.07) is 2.56. The molecule has 0 bridgehead atoms. The molecule has 0 unspecified atom stereocenters. The average molecular weight is 248 g/mol. The maximum Gasteiger partial charge on any atom is 0.335 e. The topological polar surface area (TPSA) is 87.6 Å². The van der Waals surface area contributed by atoms with E-state index in [4.69, 9.17) is 5.11 Å². The molecule has 0 atom stereocenters. The van der Waals surface area contributed by atoms with Crippen LogP contribution in [0.1, 0.15) is 36.0 Å². The highest BCUT2D eigenvalue weighted by Gasteiger charge is 2.27. The van der Waals surface area contributed by atoms with Gasteiger partial charge in [0.25, 0.3) is 0 Å². The highest BCUT2D eigenvalue weighted by atomic mass is 16.4. The van der Waals surface area contributed by atoms with Crippen LogP contribution in [0.2, 0.25) is 0 Å². The molecule has 0 aromatic carbocycles.